The first-order valence-electron chi connectivity index (χ1n) is 6.64. The molecular formula is C13H26N2O2. The van der Waals surface area contributed by atoms with Crippen molar-refractivity contribution in [2.45, 2.75) is 39.5 Å². The van der Waals surface area contributed by atoms with Gasteiger partial charge in [0.2, 0.25) is 5.91 Å². The number of aliphatic hydroxyl groups excluding tert-OH is 1. The number of carbonyl (C=O) groups is 1. The predicted octanol–water partition coefficient (Wildman–Crippen LogP) is 0.901. The van der Waals surface area contributed by atoms with Crippen LogP contribution in [0.3, 0.4) is 0 Å². The second-order valence-electron chi connectivity index (χ2n) is 5.75. The van der Waals surface area contributed by atoms with Crippen LogP contribution in [0.2, 0.25) is 0 Å². The number of amides is 1. The third-order valence-corrected chi connectivity index (χ3v) is 3.42. The van der Waals surface area contributed by atoms with Gasteiger partial charge < -0.3 is 15.7 Å². The molecule has 0 bridgehead atoms. The molecule has 0 aromatic rings. The first-order valence-corrected chi connectivity index (χ1v) is 6.64. The summed E-state index contributed by atoms with van der Waals surface area (Å²) in [5.74, 6) is 0.312. The highest BCUT2D eigenvalue weighted by Gasteiger charge is 2.23. The molecular weight excluding hydrogens is 216 g/mol. The summed E-state index contributed by atoms with van der Waals surface area (Å²) in [6.45, 7) is 7.02. The summed E-state index contributed by atoms with van der Waals surface area (Å²) in [6.07, 6.45) is 3.82. The largest absolute Gasteiger partial charge is 0.396 e. The van der Waals surface area contributed by atoms with Crippen LogP contribution in [0.5, 0.6) is 0 Å². The van der Waals surface area contributed by atoms with Gasteiger partial charge in [0, 0.05) is 19.7 Å². The van der Waals surface area contributed by atoms with Gasteiger partial charge in [0.1, 0.15) is 0 Å². The summed E-state index contributed by atoms with van der Waals surface area (Å²) in [5, 5.41) is 15.1. The number of aliphatic hydroxyl groups is 1. The Bertz CT molecular complexity index is 236. The maximum Gasteiger partial charge on any atom is 0.224 e. The van der Waals surface area contributed by atoms with Crippen LogP contribution in [0.15, 0.2) is 0 Å². The van der Waals surface area contributed by atoms with E-state index >= 15 is 0 Å². The maximum atomic E-state index is 11.9. The minimum absolute atomic E-state index is 0.0699. The number of nitrogens with one attached hydrogen (secondary N) is 2. The van der Waals surface area contributed by atoms with Crippen LogP contribution in [-0.4, -0.2) is 37.3 Å². The molecule has 4 heteroatoms. The van der Waals surface area contributed by atoms with Crippen LogP contribution >= 0.6 is 0 Å². The summed E-state index contributed by atoms with van der Waals surface area (Å²) in [7, 11) is 0. The smallest absolute Gasteiger partial charge is 0.224 e. The van der Waals surface area contributed by atoms with Crippen molar-refractivity contribution in [1.82, 2.24) is 10.6 Å². The fourth-order valence-corrected chi connectivity index (χ4v) is 2.19. The first kappa shape index (κ1) is 14.5. The highest BCUT2D eigenvalue weighted by atomic mass is 16.2. The first-order chi connectivity index (χ1) is 8.05. The molecule has 1 heterocycles. The fraction of sp³-hybridized carbons (Fsp3) is 0.923. The lowest BCUT2D eigenvalue weighted by Gasteiger charge is -2.27. The molecule has 0 aromatic heterocycles. The monoisotopic (exact) mass is 242 g/mol. The third kappa shape index (κ3) is 5.50. The zero-order valence-corrected chi connectivity index (χ0v) is 11.1. The van der Waals surface area contributed by atoms with Crippen molar-refractivity contribution in [2.24, 2.45) is 11.3 Å². The Morgan fingerprint density at radius 3 is 2.88 bits per heavy atom. The summed E-state index contributed by atoms with van der Waals surface area (Å²) >= 11 is 0. The van der Waals surface area contributed by atoms with Crippen molar-refractivity contribution < 1.29 is 9.90 Å². The molecule has 1 fully saturated rings. The van der Waals surface area contributed by atoms with Crippen molar-refractivity contribution >= 4 is 5.91 Å². The number of hydrogen-bond donors (Lipinski definition) is 3. The van der Waals surface area contributed by atoms with Crippen molar-refractivity contribution in [3.63, 3.8) is 0 Å². The molecule has 0 aliphatic carbocycles. The van der Waals surface area contributed by atoms with Crippen LogP contribution in [0, 0.1) is 11.3 Å². The van der Waals surface area contributed by atoms with Gasteiger partial charge in [0.25, 0.3) is 0 Å². The Hall–Kier alpha value is -0.610. The van der Waals surface area contributed by atoms with Crippen molar-refractivity contribution in [1.29, 1.82) is 0 Å². The van der Waals surface area contributed by atoms with E-state index in [1.54, 1.807) is 0 Å². The molecule has 0 spiro atoms. The summed E-state index contributed by atoms with van der Waals surface area (Å²) in [5.41, 5.74) is 0.0699. The Labute approximate surface area is 104 Å². The summed E-state index contributed by atoms with van der Waals surface area (Å²) in [6, 6.07) is 0. The lowest BCUT2D eigenvalue weighted by atomic mass is 9.87. The number of rotatable bonds is 6. The molecule has 17 heavy (non-hydrogen) atoms. The predicted molar refractivity (Wildman–Crippen MR) is 68.7 cm³/mol. The minimum Gasteiger partial charge on any atom is -0.396 e. The Kier molecular flexibility index (Phi) is 5.92. The standard InChI is InChI=1S/C13H26N2O2/c1-13(2,6-4-8-16)10-15-12(17)11-5-3-7-14-9-11/h11,14,16H,3-10H2,1-2H3,(H,15,17)/t11-/m0/s1. The van der Waals surface area contributed by atoms with Gasteiger partial charge in [-0.25, -0.2) is 0 Å². The molecule has 1 rings (SSSR count). The highest BCUT2D eigenvalue weighted by Crippen LogP contribution is 2.21. The van der Waals surface area contributed by atoms with Crippen LogP contribution in [0.1, 0.15) is 39.5 Å². The fourth-order valence-electron chi connectivity index (χ4n) is 2.19. The average Bonchev–Trinajstić information content (AvgIpc) is 2.35. The molecule has 0 aromatic carbocycles. The Balaban J connectivity index is 2.26. The van der Waals surface area contributed by atoms with Crippen LogP contribution < -0.4 is 10.6 Å². The van der Waals surface area contributed by atoms with Gasteiger partial charge in [0.05, 0.1) is 5.92 Å². The van der Waals surface area contributed by atoms with Crippen molar-refractivity contribution in [3.05, 3.63) is 0 Å². The van der Waals surface area contributed by atoms with E-state index in [0.29, 0.717) is 6.54 Å². The third-order valence-electron chi connectivity index (χ3n) is 3.42. The van der Waals surface area contributed by atoms with Crippen molar-refractivity contribution in [3.8, 4) is 0 Å². The second-order valence-corrected chi connectivity index (χ2v) is 5.75. The van der Waals surface area contributed by atoms with Crippen molar-refractivity contribution in [2.75, 3.05) is 26.2 Å². The molecule has 0 radical (unpaired) electrons. The van der Waals surface area contributed by atoms with E-state index in [1.165, 1.54) is 0 Å². The van der Waals surface area contributed by atoms with E-state index in [4.69, 9.17) is 5.11 Å². The van der Waals surface area contributed by atoms with E-state index < -0.39 is 0 Å². The molecule has 3 N–H and O–H groups in total. The molecule has 4 nitrogen and oxygen atoms in total. The summed E-state index contributed by atoms with van der Waals surface area (Å²) in [4.78, 5) is 11.9. The van der Waals surface area contributed by atoms with Gasteiger partial charge in [-0.2, -0.15) is 0 Å². The van der Waals surface area contributed by atoms with Crippen LogP contribution in [-0.2, 0) is 4.79 Å². The van der Waals surface area contributed by atoms with E-state index in [2.05, 4.69) is 24.5 Å². The van der Waals surface area contributed by atoms with E-state index in [-0.39, 0.29) is 23.8 Å². The SMILES string of the molecule is CC(C)(CCCO)CNC(=O)[C@H]1CCCNC1. The molecule has 1 aliphatic heterocycles. The molecule has 0 unspecified atom stereocenters. The van der Waals surface area contributed by atoms with Gasteiger partial charge in [-0.15, -0.1) is 0 Å². The topological polar surface area (TPSA) is 61.4 Å². The molecule has 1 saturated heterocycles. The molecule has 100 valence electrons. The number of carbonyl (C=O) groups excluding carboxylic acids is 1. The van der Waals surface area contributed by atoms with Gasteiger partial charge in [-0.05, 0) is 37.6 Å². The summed E-state index contributed by atoms with van der Waals surface area (Å²) < 4.78 is 0. The molecule has 0 saturated carbocycles. The quantitative estimate of drug-likeness (QED) is 0.648. The lowest BCUT2D eigenvalue weighted by Crippen LogP contribution is -2.43. The normalized spacial score (nSPS) is 21.2. The lowest BCUT2D eigenvalue weighted by molar-refractivity contribution is -0.125. The average molecular weight is 242 g/mol. The van der Waals surface area contributed by atoms with Crippen LogP contribution in [0.25, 0.3) is 0 Å². The number of piperidine rings is 1. The Morgan fingerprint density at radius 1 is 1.53 bits per heavy atom. The van der Waals surface area contributed by atoms with E-state index in [0.717, 1.165) is 38.8 Å². The van der Waals surface area contributed by atoms with E-state index in [9.17, 15) is 4.79 Å². The van der Waals surface area contributed by atoms with Gasteiger partial charge in [-0.1, -0.05) is 13.8 Å². The minimum atomic E-state index is 0.0699. The molecule has 1 atom stereocenters. The molecule has 1 aliphatic rings. The van der Waals surface area contributed by atoms with Gasteiger partial charge in [0.15, 0.2) is 0 Å². The zero-order chi connectivity index (χ0) is 12.7. The second kappa shape index (κ2) is 6.97. The van der Waals surface area contributed by atoms with Crippen LogP contribution in [0.4, 0.5) is 0 Å². The van der Waals surface area contributed by atoms with Gasteiger partial charge in [-0.3, -0.25) is 4.79 Å². The molecule has 1 amide bonds. The maximum absolute atomic E-state index is 11.9. The van der Waals surface area contributed by atoms with Gasteiger partial charge >= 0.3 is 0 Å². The highest BCUT2D eigenvalue weighted by molar-refractivity contribution is 5.79. The van der Waals surface area contributed by atoms with E-state index in [1.807, 2.05) is 0 Å². The zero-order valence-electron chi connectivity index (χ0n) is 11.1. The Morgan fingerprint density at radius 2 is 2.29 bits per heavy atom. The number of hydrogen-bond acceptors (Lipinski definition) is 3.